The Hall–Kier alpha value is -2.02. The highest BCUT2D eigenvalue weighted by molar-refractivity contribution is 7.89. The standard InChI is InChI=1S/C10H12N4O4S/c11-6-8-9(2-1-3-13-8)19(16,17)14-4-5-18-7-10(12)15/h1-3,14H,4-5,7H2,(H2,12,15). The highest BCUT2D eigenvalue weighted by Crippen LogP contribution is 2.11. The second-order valence-electron chi connectivity index (χ2n) is 3.38. The van der Waals surface area contributed by atoms with Crippen LogP contribution >= 0.6 is 0 Å². The van der Waals surface area contributed by atoms with E-state index in [1.165, 1.54) is 18.3 Å². The quantitative estimate of drug-likeness (QED) is 0.599. The van der Waals surface area contributed by atoms with E-state index in [0.29, 0.717) is 0 Å². The minimum atomic E-state index is -3.83. The number of ether oxygens (including phenoxy) is 1. The third kappa shape index (κ3) is 4.63. The van der Waals surface area contributed by atoms with E-state index >= 15 is 0 Å². The van der Waals surface area contributed by atoms with Crippen molar-refractivity contribution in [3.8, 4) is 6.07 Å². The number of pyridine rings is 1. The Kier molecular flexibility index (Phi) is 5.37. The highest BCUT2D eigenvalue weighted by atomic mass is 32.2. The fourth-order valence-corrected chi connectivity index (χ4v) is 2.31. The number of hydrogen-bond acceptors (Lipinski definition) is 6. The van der Waals surface area contributed by atoms with Crippen molar-refractivity contribution in [1.82, 2.24) is 9.71 Å². The van der Waals surface area contributed by atoms with E-state index in [0.717, 1.165) is 0 Å². The number of nitriles is 1. The molecule has 0 radical (unpaired) electrons. The second-order valence-corrected chi connectivity index (χ2v) is 5.11. The molecule has 0 atom stereocenters. The maximum absolute atomic E-state index is 11.9. The van der Waals surface area contributed by atoms with E-state index in [1.54, 1.807) is 6.07 Å². The third-order valence-corrected chi connectivity index (χ3v) is 3.44. The molecule has 0 aliphatic carbocycles. The van der Waals surface area contributed by atoms with Crippen LogP contribution in [0.2, 0.25) is 0 Å². The number of nitrogens with two attached hydrogens (primary N) is 1. The van der Waals surface area contributed by atoms with Crippen molar-refractivity contribution in [3.63, 3.8) is 0 Å². The zero-order chi connectivity index (χ0) is 14.3. The van der Waals surface area contributed by atoms with Gasteiger partial charge in [0.15, 0.2) is 5.69 Å². The number of carbonyl (C=O) groups excluding carboxylic acids is 1. The van der Waals surface area contributed by atoms with Crippen molar-refractivity contribution in [1.29, 1.82) is 5.26 Å². The third-order valence-electron chi connectivity index (χ3n) is 1.95. The summed E-state index contributed by atoms with van der Waals surface area (Å²) in [5, 5.41) is 8.77. The molecule has 19 heavy (non-hydrogen) atoms. The van der Waals surface area contributed by atoms with E-state index in [2.05, 4.69) is 9.71 Å². The largest absolute Gasteiger partial charge is 0.370 e. The Morgan fingerprint density at radius 2 is 2.32 bits per heavy atom. The van der Waals surface area contributed by atoms with Gasteiger partial charge >= 0.3 is 0 Å². The first kappa shape index (κ1) is 15.0. The van der Waals surface area contributed by atoms with E-state index in [1.807, 2.05) is 0 Å². The van der Waals surface area contributed by atoms with Gasteiger partial charge in [0, 0.05) is 12.7 Å². The lowest BCUT2D eigenvalue weighted by Crippen LogP contribution is -2.29. The molecule has 0 unspecified atom stereocenters. The summed E-state index contributed by atoms with van der Waals surface area (Å²) < 4.78 is 30.7. The number of aromatic nitrogens is 1. The molecule has 1 aromatic heterocycles. The fourth-order valence-electron chi connectivity index (χ4n) is 1.19. The molecule has 0 aromatic carbocycles. The molecule has 1 heterocycles. The van der Waals surface area contributed by atoms with E-state index in [9.17, 15) is 13.2 Å². The molecule has 0 saturated heterocycles. The number of carbonyl (C=O) groups is 1. The van der Waals surface area contributed by atoms with Gasteiger partial charge in [-0.2, -0.15) is 5.26 Å². The topological polar surface area (TPSA) is 135 Å². The molecule has 0 fully saturated rings. The van der Waals surface area contributed by atoms with Gasteiger partial charge in [0.1, 0.15) is 17.6 Å². The lowest BCUT2D eigenvalue weighted by Gasteiger charge is -2.07. The highest BCUT2D eigenvalue weighted by Gasteiger charge is 2.18. The van der Waals surface area contributed by atoms with Gasteiger partial charge in [-0.1, -0.05) is 0 Å². The maximum atomic E-state index is 11.9. The van der Waals surface area contributed by atoms with Crippen molar-refractivity contribution >= 4 is 15.9 Å². The smallest absolute Gasteiger partial charge is 0.243 e. The van der Waals surface area contributed by atoms with Crippen LogP contribution in [0.15, 0.2) is 23.2 Å². The molecule has 0 bridgehead atoms. The summed E-state index contributed by atoms with van der Waals surface area (Å²) in [6, 6.07) is 4.39. The first-order valence-electron chi connectivity index (χ1n) is 5.18. The number of primary amides is 1. The lowest BCUT2D eigenvalue weighted by molar-refractivity contribution is -0.122. The monoisotopic (exact) mass is 284 g/mol. The van der Waals surface area contributed by atoms with Crippen LogP contribution in [0.4, 0.5) is 0 Å². The molecule has 9 heteroatoms. The van der Waals surface area contributed by atoms with Gasteiger partial charge in [-0.05, 0) is 12.1 Å². The predicted octanol–water partition coefficient (Wildman–Crippen LogP) is -1.27. The first-order chi connectivity index (χ1) is 8.97. The van der Waals surface area contributed by atoms with Crippen molar-refractivity contribution in [2.75, 3.05) is 19.8 Å². The van der Waals surface area contributed by atoms with Crippen LogP contribution in [0.5, 0.6) is 0 Å². The number of rotatable bonds is 7. The molecule has 0 saturated carbocycles. The van der Waals surface area contributed by atoms with Crippen LogP contribution in [0.1, 0.15) is 5.69 Å². The van der Waals surface area contributed by atoms with E-state index < -0.39 is 15.9 Å². The number of nitrogens with zero attached hydrogens (tertiary/aromatic N) is 2. The van der Waals surface area contributed by atoms with Gasteiger partial charge in [0.25, 0.3) is 0 Å². The zero-order valence-electron chi connectivity index (χ0n) is 9.87. The summed E-state index contributed by atoms with van der Waals surface area (Å²) >= 11 is 0. The molecule has 8 nitrogen and oxygen atoms in total. The average molecular weight is 284 g/mol. The van der Waals surface area contributed by atoms with Gasteiger partial charge in [-0.25, -0.2) is 18.1 Å². The summed E-state index contributed by atoms with van der Waals surface area (Å²) in [7, 11) is -3.83. The Labute approximate surface area is 110 Å². The second kappa shape index (κ2) is 6.79. The molecular formula is C10H12N4O4S. The van der Waals surface area contributed by atoms with Crippen molar-refractivity contribution in [2.24, 2.45) is 5.73 Å². The summed E-state index contributed by atoms with van der Waals surface area (Å²) in [4.78, 5) is 13.8. The minimum absolute atomic E-state index is 0.00960. The SMILES string of the molecule is N#Cc1ncccc1S(=O)(=O)NCCOCC(N)=O. The van der Waals surface area contributed by atoms with Gasteiger partial charge in [-0.15, -0.1) is 0 Å². The van der Waals surface area contributed by atoms with Gasteiger partial charge in [0.2, 0.25) is 15.9 Å². The molecule has 0 spiro atoms. The number of nitrogens with one attached hydrogen (secondary N) is 1. The normalized spacial score (nSPS) is 10.9. The van der Waals surface area contributed by atoms with Crippen molar-refractivity contribution in [2.45, 2.75) is 4.90 Å². The number of hydrogen-bond donors (Lipinski definition) is 2. The summed E-state index contributed by atoms with van der Waals surface area (Å²) in [6.45, 7) is -0.336. The average Bonchev–Trinajstić information content (AvgIpc) is 2.37. The van der Waals surface area contributed by atoms with Crippen LogP contribution < -0.4 is 10.5 Å². The first-order valence-corrected chi connectivity index (χ1v) is 6.66. The van der Waals surface area contributed by atoms with Crippen LogP contribution in [-0.4, -0.2) is 39.1 Å². The van der Waals surface area contributed by atoms with Crippen LogP contribution in [0, 0.1) is 11.3 Å². The van der Waals surface area contributed by atoms with E-state index in [4.69, 9.17) is 15.7 Å². The van der Waals surface area contributed by atoms with Crippen molar-refractivity contribution < 1.29 is 17.9 Å². The van der Waals surface area contributed by atoms with Crippen molar-refractivity contribution in [3.05, 3.63) is 24.0 Å². The Bertz CT molecular complexity index is 594. The minimum Gasteiger partial charge on any atom is -0.370 e. The molecular weight excluding hydrogens is 272 g/mol. The predicted molar refractivity (Wildman–Crippen MR) is 64.2 cm³/mol. The molecule has 1 aromatic rings. The van der Waals surface area contributed by atoms with Crippen LogP contribution in [0.25, 0.3) is 0 Å². The summed E-state index contributed by atoms with van der Waals surface area (Å²) in [5.74, 6) is -0.637. The van der Waals surface area contributed by atoms with Gasteiger partial charge in [-0.3, -0.25) is 4.79 Å². The maximum Gasteiger partial charge on any atom is 0.243 e. The molecule has 1 amide bonds. The van der Waals surface area contributed by atoms with Gasteiger partial charge in [0.05, 0.1) is 6.61 Å². The lowest BCUT2D eigenvalue weighted by atomic mass is 10.4. The molecule has 3 N–H and O–H groups in total. The van der Waals surface area contributed by atoms with Crippen LogP contribution in [-0.2, 0) is 19.6 Å². The molecule has 0 aliphatic rings. The van der Waals surface area contributed by atoms with E-state index in [-0.39, 0.29) is 30.3 Å². The molecule has 102 valence electrons. The summed E-state index contributed by atoms with van der Waals surface area (Å²) in [6.07, 6.45) is 1.33. The Balaban J connectivity index is 2.62. The Morgan fingerprint density at radius 1 is 1.58 bits per heavy atom. The Morgan fingerprint density at radius 3 is 2.95 bits per heavy atom. The van der Waals surface area contributed by atoms with Crippen LogP contribution in [0.3, 0.4) is 0 Å². The fraction of sp³-hybridized carbons (Fsp3) is 0.300. The van der Waals surface area contributed by atoms with Gasteiger partial charge < -0.3 is 10.5 Å². The molecule has 0 aliphatic heterocycles. The number of amides is 1. The molecule has 1 rings (SSSR count). The summed E-state index contributed by atoms with van der Waals surface area (Å²) in [5.41, 5.74) is 4.66. The zero-order valence-corrected chi connectivity index (χ0v) is 10.7. The number of sulfonamides is 1.